The van der Waals surface area contributed by atoms with Gasteiger partial charge in [0.05, 0.1) is 6.10 Å². The van der Waals surface area contributed by atoms with Gasteiger partial charge in [-0.2, -0.15) is 0 Å². The minimum absolute atomic E-state index is 0. The topological polar surface area (TPSA) is 141 Å². The molecule has 2 radical (unpaired) electrons. The Hall–Kier alpha value is 0.850. The first-order valence-electron chi connectivity index (χ1n) is 10.4. The van der Waals surface area contributed by atoms with E-state index in [0.29, 0.717) is 6.42 Å². The van der Waals surface area contributed by atoms with E-state index in [2.05, 4.69) is 4.52 Å². The van der Waals surface area contributed by atoms with Crippen molar-refractivity contribution in [2.75, 3.05) is 6.61 Å². The van der Waals surface area contributed by atoms with Gasteiger partial charge in [0.2, 0.25) is 0 Å². The zero-order valence-electron chi connectivity index (χ0n) is 19.2. The number of carbonyl (C=O) groups excluding carboxylic acids is 2. The maximum absolute atomic E-state index is 12.8. The van der Waals surface area contributed by atoms with Crippen molar-refractivity contribution in [3.63, 3.8) is 0 Å². The molecule has 8 nitrogen and oxygen atoms in total. The number of fused-ring (bicyclic) bond motifs is 5. The molecule has 3 fully saturated rings. The average molecular weight is 486 g/mol. The second-order valence-corrected chi connectivity index (χ2v) is 11.0. The smallest absolute Gasteiger partial charge is 0.393 e. The normalized spacial score (nSPS) is 42.6. The molecule has 0 aliphatic heterocycles. The van der Waals surface area contributed by atoms with Crippen molar-refractivity contribution in [3.05, 3.63) is 23.8 Å². The third-order valence-corrected chi connectivity index (χ3v) is 8.94. The zero-order chi connectivity index (χ0) is 22.1. The maximum atomic E-state index is 12.8. The Kier molecular flexibility index (Phi) is 8.83. The summed E-state index contributed by atoms with van der Waals surface area (Å²) in [5.74, 6) is -0.888. The van der Waals surface area contributed by atoms with Crippen molar-refractivity contribution >= 4 is 78.5 Å². The fourth-order valence-electron chi connectivity index (χ4n) is 7.05. The number of aliphatic hydroxyl groups is 2. The summed E-state index contributed by atoms with van der Waals surface area (Å²) in [5, 5.41) is 22.6. The number of aliphatic hydroxyl groups excluding tert-OH is 1. The Morgan fingerprint density at radius 2 is 1.91 bits per heavy atom. The van der Waals surface area contributed by atoms with Gasteiger partial charge in [-0.25, -0.2) is 4.57 Å². The van der Waals surface area contributed by atoms with Crippen LogP contribution in [0.4, 0.5) is 0 Å². The van der Waals surface area contributed by atoms with Crippen molar-refractivity contribution in [2.24, 2.45) is 28.6 Å². The Morgan fingerprint density at radius 3 is 2.53 bits per heavy atom. The molecule has 4 N–H and O–H groups in total. The molecule has 0 spiro atoms. The van der Waals surface area contributed by atoms with Crippen molar-refractivity contribution in [1.82, 2.24) is 0 Å². The molecule has 0 saturated heterocycles. The maximum Gasteiger partial charge on any atom is 0.470 e. The van der Waals surface area contributed by atoms with Crippen LogP contribution < -0.4 is 0 Å². The van der Waals surface area contributed by atoms with E-state index in [1.165, 1.54) is 0 Å². The number of phosphoric acid groups is 1. The molecule has 0 amide bonds. The van der Waals surface area contributed by atoms with Crippen LogP contribution in [0.15, 0.2) is 23.8 Å². The van der Waals surface area contributed by atoms with Crippen molar-refractivity contribution < 1.29 is 38.7 Å². The first-order valence-corrected chi connectivity index (χ1v) is 11.9. The van der Waals surface area contributed by atoms with Crippen LogP contribution in [0, 0.1) is 28.6 Å². The van der Waals surface area contributed by atoms with Crippen molar-refractivity contribution in [2.45, 2.75) is 57.7 Å². The molecular formula is C21H29Na2O8P. The molecule has 3 saturated carbocycles. The van der Waals surface area contributed by atoms with Crippen LogP contribution in [0.25, 0.3) is 0 Å². The van der Waals surface area contributed by atoms with Gasteiger partial charge in [-0.3, -0.25) is 14.1 Å². The molecule has 4 aliphatic rings. The molecule has 1 unspecified atom stereocenters. The number of phosphoric ester groups is 1. The Bertz CT molecular complexity index is 900. The number of hydrogen-bond donors (Lipinski definition) is 4. The molecule has 0 aromatic rings. The third kappa shape index (κ3) is 4.54. The predicted octanol–water partition coefficient (Wildman–Crippen LogP) is 0.913. The van der Waals surface area contributed by atoms with Gasteiger partial charge in [0.25, 0.3) is 0 Å². The fourth-order valence-corrected chi connectivity index (χ4v) is 7.34. The Balaban J connectivity index is 0.00000181. The van der Waals surface area contributed by atoms with Crippen LogP contribution in [0.5, 0.6) is 0 Å². The standard InChI is InChI=1S/C21H29O8P.2Na/c1-19-7-5-13(22)9-12(19)3-4-14-15-6-8-21(25,17(24)11-29-30(26,27)28)20(15,2)10-16(23)18(14)19;;/h5,7,9,14-16,18,23,25H,3-4,6,8,10-11H2,1-2H3,(H2,26,27,28);;/t14-,15-,16?,18+,19-,20-,21-;;/m0../s1. The van der Waals surface area contributed by atoms with Crippen LogP contribution in [0.3, 0.4) is 0 Å². The number of rotatable bonds is 4. The van der Waals surface area contributed by atoms with Gasteiger partial charge >= 0.3 is 7.82 Å². The largest absolute Gasteiger partial charge is 0.470 e. The molecule has 4 aliphatic carbocycles. The predicted molar refractivity (Wildman–Crippen MR) is 117 cm³/mol. The van der Waals surface area contributed by atoms with E-state index < -0.39 is 42.7 Å². The second-order valence-electron chi connectivity index (χ2n) is 9.80. The van der Waals surface area contributed by atoms with Gasteiger partial charge < -0.3 is 20.0 Å². The minimum Gasteiger partial charge on any atom is -0.393 e. The third-order valence-electron chi connectivity index (χ3n) is 8.47. The van der Waals surface area contributed by atoms with Crippen LogP contribution in [-0.2, 0) is 18.7 Å². The number of hydrogen-bond acceptors (Lipinski definition) is 6. The molecule has 0 bridgehead atoms. The molecular weight excluding hydrogens is 457 g/mol. The van der Waals surface area contributed by atoms with Gasteiger partial charge in [-0.1, -0.05) is 25.5 Å². The fraction of sp³-hybridized carbons (Fsp3) is 0.714. The van der Waals surface area contributed by atoms with E-state index in [1.807, 2.05) is 13.0 Å². The number of Topliss-reactive ketones (excluding diaryl/α,β-unsaturated/α-hetero) is 1. The van der Waals surface area contributed by atoms with E-state index in [9.17, 15) is 24.4 Å². The SMILES string of the molecule is C[C@]12C=CC(=O)C=C1CC[C@@H]1[C@@H]2C(O)C[C@@]2(C)[C@H]1CC[C@]2(O)C(=O)COP(=O)(O)O.[Na].[Na]. The molecule has 11 heteroatoms. The number of allylic oxidation sites excluding steroid dienone is 4. The van der Waals surface area contributed by atoms with Gasteiger partial charge in [0.1, 0.15) is 12.2 Å². The van der Waals surface area contributed by atoms with E-state index in [0.717, 1.165) is 18.4 Å². The Labute approximate surface area is 232 Å². The molecule has 0 aromatic heterocycles. The summed E-state index contributed by atoms with van der Waals surface area (Å²) in [7, 11) is -4.84. The first kappa shape index (κ1) is 29.1. The van der Waals surface area contributed by atoms with Crippen LogP contribution in [0.1, 0.15) is 46.0 Å². The zero-order valence-corrected chi connectivity index (χ0v) is 24.0. The van der Waals surface area contributed by atoms with Crippen LogP contribution >= 0.6 is 7.82 Å². The quantitative estimate of drug-likeness (QED) is 0.340. The van der Waals surface area contributed by atoms with Crippen molar-refractivity contribution in [1.29, 1.82) is 0 Å². The van der Waals surface area contributed by atoms with Gasteiger partial charge in [-0.15, -0.1) is 0 Å². The summed E-state index contributed by atoms with van der Waals surface area (Å²) in [6.07, 6.45) is 6.76. The van der Waals surface area contributed by atoms with E-state index in [1.54, 1.807) is 19.1 Å². The molecule has 32 heavy (non-hydrogen) atoms. The minimum atomic E-state index is -4.84. The Morgan fingerprint density at radius 1 is 1.25 bits per heavy atom. The van der Waals surface area contributed by atoms with Crippen LogP contribution in [-0.4, -0.2) is 109 Å². The van der Waals surface area contributed by atoms with Gasteiger partial charge in [0.15, 0.2) is 11.6 Å². The molecule has 7 atom stereocenters. The van der Waals surface area contributed by atoms with Gasteiger partial charge in [-0.05, 0) is 56.1 Å². The number of carbonyl (C=O) groups is 2. The van der Waals surface area contributed by atoms with Crippen molar-refractivity contribution in [3.8, 4) is 0 Å². The molecule has 168 valence electrons. The average Bonchev–Trinajstić information content (AvgIpc) is 2.91. The van der Waals surface area contributed by atoms with Gasteiger partial charge in [0, 0.05) is 75.9 Å². The summed E-state index contributed by atoms with van der Waals surface area (Å²) >= 11 is 0. The molecule has 4 rings (SSSR count). The van der Waals surface area contributed by atoms with Crippen LogP contribution in [0.2, 0.25) is 0 Å². The summed E-state index contributed by atoms with van der Waals surface area (Å²) in [6.45, 7) is 2.97. The summed E-state index contributed by atoms with van der Waals surface area (Å²) in [5.41, 5.74) is -2.15. The van der Waals surface area contributed by atoms with E-state index in [4.69, 9.17) is 9.79 Å². The summed E-state index contributed by atoms with van der Waals surface area (Å²) < 4.78 is 15.4. The first-order chi connectivity index (χ1) is 13.8. The second kappa shape index (κ2) is 9.72. The summed E-state index contributed by atoms with van der Waals surface area (Å²) in [6, 6.07) is 0. The molecule has 0 aromatic carbocycles. The van der Waals surface area contributed by atoms with E-state index >= 15 is 0 Å². The van der Waals surface area contributed by atoms with E-state index in [-0.39, 0.29) is 95.5 Å². The molecule has 0 heterocycles. The number of ketones is 2. The monoisotopic (exact) mass is 486 g/mol. The summed E-state index contributed by atoms with van der Waals surface area (Å²) in [4.78, 5) is 42.5.